The number of nitrogens with two attached hydrogens (primary N) is 1. The molecule has 0 unspecified atom stereocenters. The summed E-state index contributed by atoms with van der Waals surface area (Å²) in [6, 6.07) is 10.9. The third kappa shape index (κ3) is 6.09. The maximum Gasteiger partial charge on any atom is 0.243 e. The van der Waals surface area contributed by atoms with E-state index < -0.39 is 10.0 Å². The number of rotatable bonds is 10. The molecule has 0 fully saturated rings. The topological polar surface area (TPSA) is 116 Å². The second-order valence-corrected chi connectivity index (χ2v) is 9.51. The Kier molecular flexibility index (Phi) is 7.89. The number of hydrogen-bond acceptors (Lipinski definition) is 6. The number of benzene rings is 2. The molecule has 2 aromatic carbocycles. The van der Waals surface area contributed by atoms with Crippen molar-refractivity contribution >= 4 is 15.7 Å². The Morgan fingerprint density at radius 3 is 2.41 bits per heavy atom. The first-order chi connectivity index (χ1) is 13.6. The van der Waals surface area contributed by atoms with Crippen LogP contribution < -0.4 is 11.1 Å². The molecule has 0 aromatic heterocycles. The van der Waals surface area contributed by atoms with Gasteiger partial charge in [-0.15, -0.1) is 0 Å². The lowest BCUT2D eigenvalue weighted by molar-refractivity contribution is 0.350. The van der Waals surface area contributed by atoms with E-state index >= 15 is 0 Å². The van der Waals surface area contributed by atoms with E-state index in [0.29, 0.717) is 25.1 Å². The van der Waals surface area contributed by atoms with E-state index in [1.54, 1.807) is 19.2 Å². The number of anilines is 1. The van der Waals surface area contributed by atoms with Gasteiger partial charge in [-0.1, -0.05) is 32.0 Å². The summed E-state index contributed by atoms with van der Waals surface area (Å²) in [6.45, 7) is 4.55. The molecular weight excluding hydrogens is 390 g/mol. The zero-order valence-electron chi connectivity index (χ0n) is 17.2. The molecule has 0 spiro atoms. The van der Waals surface area contributed by atoms with Gasteiger partial charge in [0.25, 0.3) is 0 Å². The lowest BCUT2D eigenvalue weighted by Gasteiger charge is -2.25. The predicted octanol–water partition coefficient (Wildman–Crippen LogP) is 2.75. The lowest BCUT2D eigenvalue weighted by Crippen LogP contribution is -2.38. The summed E-state index contributed by atoms with van der Waals surface area (Å²) < 4.78 is 27.9. The molecular formula is C21H31N3O4S. The van der Waals surface area contributed by atoms with Gasteiger partial charge < -0.3 is 21.3 Å². The smallest absolute Gasteiger partial charge is 0.243 e. The van der Waals surface area contributed by atoms with Gasteiger partial charge in [0.1, 0.15) is 11.5 Å². The van der Waals surface area contributed by atoms with Crippen molar-refractivity contribution < 1.29 is 18.6 Å². The first kappa shape index (κ1) is 23.0. The highest BCUT2D eigenvalue weighted by Gasteiger charge is 2.26. The van der Waals surface area contributed by atoms with Crippen molar-refractivity contribution in [1.29, 1.82) is 0 Å². The van der Waals surface area contributed by atoms with E-state index in [2.05, 4.69) is 5.32 Å². The molecule has 0 aliphatic rings. The molecule has 2 rings (SSSR count). The van der Waals surface area contributed by atoms with Gasteiger partial charge in [-0.2, -0.15) is 4.31 Å². The van der Waals surface area contributed by atoms with E-state index in [1.165, 1.54) is 22.5 Å². The summed E-state index contributed by atoms with van der Waals surface area (Å²) in [5.41, 5.74) is 7.32. The normalized spacial score (nSPS) is 13.0. The molecule has 7 nitrogen and oxygen atoms in total. The van der Waals surface area contributed by atoms with Crippen LogP contribution in [-0.4, -0.2) is 49.1 Å². The molecule has 0 aliphatic heterocycles. The fraction of sp³-hybridized carbons (Fsp3) is 0.429. The number of sulfonamides is 1. The van der Waals surface area contributed by atoms with Crippen LogP contribution in [0, 0.1) is 5.92 Å². The Morgan fingerprint density at radius 2 is 1.79 bits per heavy atom. The molecule has 0 aliphatic carbocycles. The molecule has 160 valence electrons. The fourth-order valence-electron chi connectivity index (χ4n) is 3.12. The maximum atomic E-state index is 13.2. The summed E-state index contributed by atoms with van der Waals surface area (Å²) in [6.07, 6.45) is 0.919. The molecule has 1 atom stereocenters. The highest BCUT2D eigenvalue weighted by Crippen LogP contribution is 2.28. The third-order valence-electron chi connectivity index (χ3n) is 4.67. The molecule has 0 amide bonds. The highest BCUT2D eigenvalue weighted by molar-refractivity contribution is 7.89. The summed E-state index contributed by atoms with van der Waals surface area (Å²) in [5, 5.41) is 22.5. The van der Waals surface area contributed by atoms with Gasteiger partial charge in [-0.05, 0) is 48.6 Å². The zero-order valence-corrected chi connectivity index (χ0v) is 18.0. The molecule has 5 N–H and O–H groups in total. The minimum Gasteiger partial charge on any atom is -0.508 e. The van der Waals surface area contributed by atoms with Crippen LogP contribution in [0.1, 0.15) is 25.8 Å². The van der Waals surface area contributed by atoms with E-state index in [-0.39, 0.29) is 34.9 Å². The Morgan fingerprint density at radius 1 is 1.10 bits per heavy atom. The van der Waals surface area contributed by atoms with Crippen LogP contribution in [0.4, 0.5) is 5.69 Å². The zero-order chi connectivity index (χ0) is 21.6. The lowest BCUT2D eigenvalue weighted by atomic mass is 10.0. The van der Waals surface area contributed by atoms with Crippen molar-refractivity contribution in [2.24, 2.45) is 11.7 Å². The number of nitrogens with zero attached hydrogens (tertiary/aromatic N) is 1. The average Bonchev–Trinajstić information content (AvgIpc) is 2.66. The van der Waals surface area contributed by atoms with Crippen LogP contribution >= 0.6 is 0 Å². The SMILES string of the molecule is CNc1cc(S(=O)(=O)N(CC[C@@H](N)Cc2ccccc2O)CC(C)C)ccc1O. The molecule has 0 saturated heterocycles. The molecule has 0 bridgehead atoms. The molecule has 8 heteroatoms. The van der Waals surface area contributed by atoms with Crippen LogP contribution in [0.25, 0.3) is 0 Å². The average molecular weight is 422 g/mol. The third-order valence-corrected chi connectivity index (χ3v) is 6.53. The van der Waals surface area contributed by atoms with Crippen molar-refractivity contribution in [3.8, 4) is 11.5 Å². The number of nitrogens with one attached hydrogen (secondary N) is 1. The molecule has 0 heterocycles. The first-order valence-electron chi connectivity index (χ1n) is 9.68. The van der Waals surface area contributed by atoms with Gasteiger partial charge in [-0.25, -0.2) is 8.42 Å². The fourth-order valence-corrected chi connectivity index (χ4v) is 4.76. The molecule has 0 saturated carbocycles. The second-order valence-electron chi connectivity index (χ2n) is 7.57. The number of phenols is 2. The van der Waals surface area contributed by atoms with E-state index in [0.717, 1.165) is 5.56 Å². The first-order valence-corrected chi connectivity index (χ1v) is 11.1. The van der Waals surface area contributed by atoms with Crippen LogP contribution in [-0.2, 0) is 16.4 Å². The number of aromatic hydroxyl groups is 2. The van der Waals surface area contributed by atoms with Gasteiger partial charge in [0.2, 0.25) is 10.0 Å². The minimum absolute atomic E-state index is 0.00782. The van der Waals surface area contributed by atoms with Gasteiger partial charge in [0, 0.05) is 26.2 Å². The molecule has 0 radical (unpaired) electrons. The number of para-hydroxylation sites is 1. The van der Waals surface area contributed by atoms with Crippen LogP contribution in [0.5, 0.6) is 11.5 Å². The Labute approximate surface area is 173 Å². The number of hydrogen-bond donors (Lipinski definition) is 4. The highest BCUT2D eigenvalue weighted by atomic mass is 32.2. The van der Waals surface area contributed by atoms with E-state index in [4.69, 9.17) is 5.73 Å². The van der Waals surface area contributed by atoms with Crippen LogP contribution in [0.3, 0.4) is 0 Å². The van der Waals surface area contributed by atoms with Gasteiger partial charge in [0.15, 0.2) is 0 Å². The summed E-state index contributed by atoms with van der Waals surface area (Å²) in [7, 11) is -2.12. The van der Waals surface area contributed by atoms with Crippen LogP contribution in [0.2, 0.25) is 0 Å². The van der Waals surface area contributed by atoms with E-state index in [9.17, 15) is 18.6 Å². The van der Waals surface area contributed by atoms with Crippen molar-refractivity contribution in [2.45, 2.75) is 37.6 Å². The summed E-state index contributed by atoms with van der Waals surface area (Å²) in [5.74, 6) is 0.324. The maximum absolute atomic E-state index is 13.2. The van der Waals surface area contributed by atoms with Crippen molar-refractivity contribution in [3.05, 3.63) is 48.0 Å². The second kappa shape index (κ2) is 9.96. The summed E-state index contributed by atoms with van der Waals surface area (Å²) >= 11 is 0. The van der Waals surface area contributed by atoms with Gasteiger partial charge in [-0.3, -0.25) is 0 Å². The Balaban J connectivity index is 2.17. The van der Waals surface area contributed by atoms with Crippen molar-refractivity contribution in [1.82, 2.24) is 4.31 Å². The summed E-state index contributed by atoms with van der Waals surface area (Å²) in [4.78, 5) is 0.120. The number of phenolic OH excluding ortho intramolecular Hbond substituents is 2. The minimum atomic E-state index is -3.74. The predicted molar refractivity (Wildman–Crippen MR) is 116 cm³/mol. The largest absolute Gasteiger partial charge is 0.508 e. The van der Waals surface area contributed by atoms with Crippen molar-refractivity contribution in [2.75, 3.05) is 25.5 Å². The van der Waals surface area contributed by atoms with Crippen molar-refractivity contribution in [3.63, 3.8) is 0 Å². The van der Waals surface area contributed by atoms with Gasteiger partial charge >= 0.3 is 0 Å². The molecule has 2 aromatic rings. The van der Waals surface area contributed by atoms with E-state index in [1.807, 2.05) is 26.0 Å². The standard InChI is InChI=1S/C21H31N3O4S/c1-15(2)14-24(11-10-17(22)12-16-6-4-5-7-20(16)25)29(27,28)18-8-9-21(26)19(13-18)23-3/h4-9,13,15,17,23,25-26H,10-12,14,22H2,1-3H3/t17-/m1/s1. The molecule has 29 heavy (non-hydrogen) atoms. The Hall–Kier alpha value is -2.29. The van der Waals surface area contributed by atoms with Gasteiger partial charge in [0.05, 0.1) is 10.6 Å². The monoisotopic (exact) mass is 421 g/mol. The van der Waals surface area contributed by atoms with Crippen LogP contribution in [0.15, 0.2) is 47.4 Å². The quantitative estimate of drug-likeness (QED) is 0.439. The Bertz CT molecular complexity index is 916.